The second kappa shape index (κ2) is 5.97. The van der Waals surface area contributed by atoms with Crippen LogP contribution >= 0.6 is 0 Å². The third-order valence-corrected chi connectivity index (χ3v) is 4.43. The number of imide groups is 1. The Morgan fingerprint density at radius 2 is 2.05 bits per heavy atom. The lowest BCUT2D eigenvalue weighted by molar-refractivity contribution is -0.149. The van der Waals surface area contributed by atoms with Gasteiger partial charge in [0.15, 0.2) is 0 Å². The molecule has 6 nitrogen and oxygen atoms in total. The maximum atomic E-state index is 12.1. The summed E-state index contributed by atoms with van der Waals surface area (Å²) in [5.74, 6) is -0.344. The third-order valence-electron chi connectivity index (χ3n) is 4.43. The van der Waals surface area contributed by atoms with Crippen LogP contribution in [0.1, 0.15) is 50.8 Å². The zero-order chi connectivity index (χ0) is 14.8. The molecule has 6 heteroatoms. The van der Waals surface area contributed by atoms with Gasteiger partial charge in [-0.3, -0.25) is 24.5 Å². The molecule has 0 spiro atoms. The molecule has 0 aromatic carbocycles. The maximum Gasteiger partial charge on any atom is 0.246 e. The molecule has 1 unspecified atom stereocenters. The van der Waals surface area contributed by atoms with Crippen LogP contribution in [-0.4, -0.2) is 39.1 Å². The van der Waals surface area contributed by atoms with Gasteiger partial charge in [0.1, 0.15) is 0 Å². The van der Waals surface area contributed by atoms with Crippen molar-refractivity contribution in [3.63, 3.8) is 0 Å². The minimum Gasteiger partial charge on any atom is -0.298 e. The zero-order valence-corrected chi connectivity index (χ0v) is 12.4. The fourth-order valence-corrected chi connectivity index (χ4v) is 3.12. The summed E-state index contributed by atoms with van der Waals surface area (Å²) in [5, 5.41) is 7.46. The standard InChI is InChI=1S/C15H22N4O2/c1-11-15(21)18(14(20)9-16-11)10-12-7-8-19(17-12)13-5-3-2-4-6-13/h7-8,11,13,16H,2-6,9-10H2,1H3. The van der Waals surface area contributed by atoms with Gasteiger partial charge in [-0.25, -0.2) is 0 Å². The molecule has 1 aliphatic carbocycles. The molecule has 114 valence electrons. The number of aromatic nitrogens is 2. The number of amides is 2. The van der Waals surface area contributed by atoms with Gasteiger partial charge < -0.3 is 0 Å². The van der Waals surface area contributed by atoms with Crippen LogP contribution in [0.3, 0.4) is 0 Å². The minimum atomic E-state index is -0.303. The molecule has 1 aliphatic heterocycles. The highest BCUT2D eigenvalue weighted by atomic mass is 16.2. The topological polar surface area (TPSA) is 67.2 Å². The number of rotatable bonds is 3. The number of piperazine rings is 1. The van der Waals surface area contributed by atoms with E-state index in [1.807, 2.05) is 16.9 Å². The Morgan fingerprint density at radius 3 is 2.81 bits per heavy atom. The lowest BCUT2D eigenvalue weighted by Gasteiger charge is -2.29. The van der Waals surface area contributed by atoms with E-state index in [0.717, 1.165) is 5.69 Å². The normalized spacial score (nSPS) is 24.6. The second-order valence-corrected chi connectivity index (χ2v) is 6.00. The Hall–Kier alpha value is -1.69. The molecule has 2 heterocycles. The molecule has 1 N–H and O–H groups in total. The highest BCUT2D eigenvalue weighted by molar-refractivity contribution is 6.00. The van der Waals surface area contributed by atoms with E-state index in [2.05, 4.69) is 10.4 Å². The molecular formula is C15H22N4O2. The summed E-state index contributed by atoms with van der Waals surface area (Å²) in [6, 6.07) is 2.09. The Morgan fingerprint density at radius 1 is 1.29 bits per heavy atom. The van der Waals surface area contributed by atoms with Crippen molar-refractivity contribution in [2.75, 3.05) is 6.54 Å². The molecule has 1 aromatic heterocycles. The number of nitrogens with one attached hydrogen (secondary N) is 1. The van der Waals surface area contributed by atoms with Gasteiger partial charge in [0, 0.05) is 6.20 Å². The quantitative estimate of drug-likeness (QED) is 0.850. The van der Waals surface area contributed by atoms with E-state index in [0.29, 0.717) is 6.04 Å². The summed E-state index contributed by atoms with van der Waals surface area (Å²) in [4.78, 5) is 25.2. The Kier molecular flexibility index (Phi) is 4.05. The van der Waals surface area contributed by atoms with Crippen LogP contribution < -0.4 is 5.32 Å². The van der Waals surface area contributed by atoms with Crippen molar-refractivity contribution in [2.24, 2.45) is 0 Å². The van der Waals surface area contributed by atoms with Crippen molar-refractivity contribution in [3.8, 4) is 0 Å². The average molecular weight is 290 g/mol. The van der Waals surface area contributed by atoms with Crippen molar-refractivity contribution < 1.29 is 9.59 Å². The number of hydrogen-bond donors (Lipinski definition) is 1. The van der Waals surface area contributed by atoms with Gasteiger partial charge in [-0.15, -0.1) is 0 Å². The van der Waals surface area contributed by atoms with E-state index >= 15 is 0 Å². The van der Waals surface area contributed by atoms with Crippen LogP contribution in [0.25, 0.3) is 0 Å². The highest BCUT2D eigenvalue weighted by Gasteiger charge is 2.31. The predicted octanol–water partition coefficient (Wildman–Crippen LogP) is 1.24. The molecule has 3 rings (SSSR count). The lowest BCUT2D eigenvalue weighted by atomic mass is 9.96. The second-order valence-electron chi connectivity index (χ2n) is 6.00. The zero-order valence-electron chi connectivity index (χ0n) is 12.4. The van der Waals surface area contributed by atoms with E-state index in [9.17, 15) is 9.59 Å². The smallest absolute Gasteiger partial charge is 0.246 e. The van der Waals surface area contributed by atoms with Crippen molar-refractivity contribution in [2.45, 2.75) is 57.7 Å². The van der Waals surface area contributed by atoms with E-state index in [-0.39, 0.29) is 30.9 Å². The Labute approximate surface area is 124 Å². The fourth-order valence-electron chi connectivity index (χ4n) is 3.12. The number of hydrogen-bond acceptors (Lipinski definition) is 4. The van der Waals surface area contributed by atoms with Gasteiger partial charge in [0.05, 0.1) is 30.9 Å². The number of carbonyl (C=O) groups is 2. The first-order valence-electron chi connectivity index (χ1n) is 7.77. The molecule has 1 saturated carbocycles. The molecule has 0 bridgehead atoms. The molecule has 2 fully saturated rings. The maximum absolute atomic E-state index is 12.1. The van der Waals surface area contributed by atoms with Crippen LogP contribution in [0.2, 0.25) is 0 Å². The average Bonchev–Trinajstić information content (AvgIpc) is 2.97. The molecule has 21 heavy (non-hydrogen) atoms. The molecule has 0 radical (unpaired) electrons. The number of carbonyl (C=O) groups excluding carboxylic acids is 2. The summed E-state index contributed by atoms with van der Waals surface area (Å²) < 4.78 is 2.01. The van der Waals surface area contributed by atoms with Crippen molar-refractivity contribution in [3.05, 3.63) is 18.0 Å². The summed E-state index contributed by atoms with van der Waals surface area (Å²) in [6.07, 6.45) is 8.14. The van der Waals surface area contributed by atoms with E-state index in [1.54, 1.807) is 6.92 Å². The van der Waals surface area contributed by atoms with Crippen molar-refractivity contribution >= 4 is 11.8 Å². The molecule has 2 amide bonds. The first-order valence-corrected chi connectivity index (χ1v) is 7.77. The first kappa shape index (κ1) is 14.3. The van der Waals surface area contributed by atoms with Gasteiger partial charge in [0.2, 0.25) is 11.8 Å². The molecule has 2 aliphatic rings. The van der Waals surface area contributed by atoms with Crippen LogP contribution in [0.15, 0.2) is 12.3 Å². The lowest BCUT2D eigenvalue weighted by Crippen LogP contribution is -2.56. The van der Waals surface area contributed by atoms with Crippen LogP contribution in [0.4, 0.5) is 0 Å². The molecule has 1 saturated heterocycles. The first-order chi connectivity index (χ1) is 10.1. The summed E-state index contributed by atoms with van der Waals surface area (Å²) in [7, 11) is 0. The number of nitrogens with zero attached hydrogens (tertiary/aromatic N) is 3. The Bertz CT molecular complexity index is 534. The van der Waals surface area contributed by atoms with E-state index < -0.39 is 0 Å². The highest BCUT2D eigenvalue weighted by Crippen LogP contribution is 2.27. The van der Waals surface area contributed by atoms with E-state index in [1.165, 1.54) is 37.0 Å². The van der Waals surface area contributed by atoms with Gasteiger partial charge >= 0.3 is 0 Å². The molecule has 1 atom stereocenters. The predicted molar refractivity (Wildman–Crippen MR) is 77.4 cm³/mol. The van der Waals surface area contributed by atoms with E-state index in [4.69, 9.17) is 0 Å². The third kappa shape index (κ3) is 3.00. The SMILES string of the molecule is CC1NCC(=O)N(Cc2ccn(C3CCCCC3)n2)C1=O. The van der Waals surface area contributed by atoms with Crippen molar-refractivity contribution in [1.29, 1.82) is 0 Å². The largest absolute Gasteiger partial charge is 0.298 e. The minimum absolute atomic E-state index is 0.168. The van der Waals surface area contributed by atoms with Crippen LogP contribution in [-0.2, 0) is 16.1 Å². The van der Waals surface area contributed by atoms with Gasteiger partial charge in [-0.2, -0.15) is 5.10 Å². The molecule has 1 aromatic rings. The van der Waals surface area contributed by atoms with Crippen molar-refractivity contribution in [1.82, 2.24) is 20.0 Å². The molecular weight excluding hydrogens is 268 g/mol. The van der Waals surface area contributed by atoms with Gasteiger partial charge in [-0.1, -0.05) is 19.3 Å². The summed E-state index contributed by atoms with van der Waals surface area (Å²) in [5.41, 5.74) is 0.788. The Balaban J connectivity index is 1.68. The van der Waals surface area contributed by atoms with Gasteiger partial charge in [0.25, 0.3) is 0 Å². The monoisotopic (exact) mass is 290 g/mol. The summed E-state index contributed by atoms with van der Waals surface area (Å²) in [6.45, 7) is 2.28. The fraction of sp³-hybridized carbons (Fsp3) is 0.667. The van der Waals surface area contributed by atoms with Crippen LogP contribution in [0.5, 0.6) is 0 Å². The van der Waals surface area contributed by atoms with Crippen LogP contribution in [0, 0.1) is 0 Å². The van der Waals surface area contributed by atoms with Gasteiger partial charge in [-0.05, 0) is 25.8 Å². The summed E-state index contributed by atoms with van der Waals surface area (Å²) >= 11 is 0.